The Labute approximate surface area is 96.9 Å². The maximum absolute atomic E-state index is 11.9. The quantitative estimate of drug-likeness (QED) is 0.735. The lowest BCUT2D eigenvalue weighted by molar-refractivity contribution is 0.0719. The molecular formula is C11H12BrNO2. The van der Waals surface area contributed by atoms with E-state index < -0.39 is 0 Å². The maximum atomic E-state index is 11.9. The van der Waals surface area contributed by atoms with Crippen LogP contribution in [-0.2, 0) is 0 Å². The molecule has 80 valence electrons. The summed E-state index contributed by atoms with van der Waals surface area (Å²) in [5.41, 5.74) is 1.11. The van der Waals surface area contributed by atoms with Crippen LogP contribution in [0.3, 0.4) is 0 Å². The van der Waals surface area contributed by atoms with Crippen LogP contribution in [0, 0.1) is 0 Å². The Morgan fingerprint density at radius 1 is 1.53 bits per heavy atom. The van der Waals surface area contributed by atoms with Crippen molar-refractivity contribution in [2.75, 3.05) is 13.1 Å². The first kappa shape index (κ1) is 10.5. The molecule has 1 aliphatic rings. The molecule has 0 aromatic carbocycles. The van der Waals surface area contributed by atoms with Crippen molar-refractivity contribution in [3.8, 4) is 0 Å². The number of carbonyl (C=O) groups is 1. The Hall–Kier alpha value is -1.03. The van der Waals surface area contributed by atoms with Crippen LogP contribution in [0.15, 0.2) is 33.4 Å². The van der Waals surface area contributed by atoms with E-state index in [1.54, 1.807) is 17.0 Å². The summed E-state index contributed by atoms with van der Waals surface area (Å²) in [5, 5.41) is 0. The summed E-state index contributed by atoms with van der Waals surface area (Å²) in [7, 11) is 0. The second-order valence-corrected chi connectivity index (χ2v) is 4.47. The average molecular weight is 270 g/mol. The number of amides is 1. The molecule has 3 nitrogen and oxygen atoms in total. The van der Waals surface area contributed by atoms with Gasteiger partial charge in [0.1, 0.15) is 0 Å². The van der Waals surface area contributed by atoms with E-state index in [-0.39, 0.29) is 5.91 Å². The van der Waals surface area contributed by atoms with Gasteiger partial charge in [-0.3, -0.25) is 4.79 Å². The SMILES string of the molecule is C=C1CCCN(C(=O)c2ccc(Br)o2)C1. The second-order valence-electron chi connectivity index (χ2n) is 3.68. The van der Waals surface area contributed by atoms with E-state index in [2.05, 4.69) is 22.5 Å². The summed E-state index contributed by atoms with van der Waals surface area (Å²) >= 11 is 3.18. The Morgan fingerprint density at radius 2 is 2.33 bits per heavy atom. The third-order valence-electron chi connectivity index (χ3n) is 2.44. The minimum absolute atomic E-state index is 0.0541. The molecule has 0 N–H and O–H groups in total. The van der Waals surface area contributed by atoms with E-state index in [1.165, 1.54) is 0 Å². The number of likely N-dealkylation sites (tertiary alicyclic amines) is 1. The minimum Gasteiger partial charge on any atom is -0.444 e. The first-order chi connectivity index (χ1) is 7.16. The van der Waals surface area contributed by atoms with Crippen molar-refractivity contribution in [3.05, 3.63) is 34.7 Å². The van der Waals surface area contributed by atoms with Crippen molar-refractivity contribution in [3.63, 3.8) is 0 Å². The van der Waals surface area contributed by atoms with Gasteiger partial charge in [-0.15, -0.1) is 0 Å². The first-order valence-corrected chi connectivity index (χ1v) is 5.67. The zero-order chi connectivity index (χ0) is 10.8. The molecule has 0 bridgehead atoms. The van der Waals surface area contributed by atoms with Gasteiger partial charge in [-0.2, -0.15) is 0 Å². The highest BCUT2D eigenvalue weighted by Crippen LogP contribution is 2.19. The Bertz CT molecular complexity index is 397. The van der Waals surface area contributed by atoms with Gasteiger partial charge in [-0.25, -0.2) is 0 Å². The molecule has 0 saturated carbocycles. The van der Waals surface area contributed by atoms with Crippen LogP contribution in [0.4, 0.5) is 0 Å². The number of carbonyl (C=O) groups excluding carboxylic acids is 1. The van der Waals surface area contributed by atoms with Gasteiger partial charge in [0, 0.05) is 13.1 Å². The van der Waals surface area contributed by atoms with Gasteiger partial charge in [0.25, 0.3) is 5.91 Å². The smallest absolute Gasteiger partial charge is 0.289 e. The van der Waals surface area contributed by atoms with Crippen LogP contribution in [0.2, 0.25) is 0 Å². The van der Waals surface area contributed by atoms with Crippen molar-refractivity contribution in [1.82, 2.24) is 4.90 Å². The molecule has 1 aromatic heterocycles. The van der Waals surface area contributed by atoms with Gasteiger partial charge in [0.2, 0.25) is 0 Å². The molecule has 2 heterocycles. The summed E-state index contributed by atoms with van der Waals surface area (Å²) in [5.74, 6) is 0.332. The molecule has 0 unspecified atom stereocenters. The fourth-order valence-electron chi connectivity index (χ4n) is 1.71. The molecule has 0 radical (unpaired) electrons. The molecule has 1 aliphatic heterocycles. The van der Waals surface area contributed by atoms with E-state index in [4.69, 9.17) is 4.42 Å². The standard InChI is InChI=1S/C11H12BrNO2/c1-8-3-2-6-13(7-8)11(14)9-4-5-10(12)15-9/h4-5H,1-3,6-7H2. The summed E-state index contributed by atoms with van der Waals surface area (Å²) in [6.07, 6.45) is 2.01. The monoisotopic (exact) mass is 269 g/mol. The zero-order valence-corrected chi connectivity index (χ0v) is 9.92. The number of nitrogens with zero attached hydrogens (tertiary/aromatic N) is 1. The highest BCUT2D eigenvalue weighted by molar-refractivity contribution is 9.10. The zero-order valence-electron chi connectivity index (χ0n) is 8.33. The molecule has 15 heavy (non-hydrogen) atoms. The van der Waals surface area contributed by atoms with Gasteiger partial charge in [-0.05, 0) is 40.9 Å². The number of hydrogen-bond acceptors (Lipinski definition) is 2. The average Bonchev–Trinajstić information content (AvgIpc) is 2.64. The fraction of sp³-hybridized carbons (Fsp3) is 0.364. The maximum Gasteiger partial charge on any atom is 0.289 e. The normalized spacial score (nSPS) is 16.9. The Morgan fingerprint density at radius 3 is 2.93 bits per heavy atom. The van der Waals surface area contributed by atoms with Crippen molar-refractivity contribution >= 4 is 21.8 Å². The van der Waals surface area contributed by atoms with Crippen LogP contribution in [0.1, 0.15) is 23.4 Å². The number of halogens is 1. The predicted octanol–water partition coefficient (Wildman–Crippen LogP) is 2.83. The van der Waals surface area contributed by atoms with Crippen LogP contribution >= 0.6 is 15.9 Å². The predicted molar refractivity (Wildman–Crippen MR) is 60.7 cm³/mol. The number of furan rings is 1. The third kappa shape index (κ3) is 2.31. The molecule has 0 aliphatic carbocycles. The molecule has 0 atom stereocenters. The Kier molecular flexibility index (Phi) is 2.95. The van der Waals surface area contributed by atoms with Crippen LogP contribution < -0.4 is 0 Å². The number of hydrogen-bond donors (Lipinski definition) is 0. The minimum atomic E-state index is -0.0541. The second kappa shape index (κ2) is 4.23. The molecule has 2 rings (SSSR count). The van der Waals surface area contributed by atoms with Gasteiger partial charge < -0.3 is 9.32 Å². The molecular weight excluding hydrogens is 258 g/mol. The van der Waals surface area contributed by atoms with Crippen LogP contribution in [0.5, 0.6) is 0 Å². The van der Waals surface area contributed by atoms with Gasteiger partial charge in [0.15, 0.2) is 10.4 Å². The van der Waals surface area contributed by atoms with Gasteiger partial charge >= 0.3 is 0 Å². The molecule has 1 fully saturated rings. The topological polar surface area (TPSA) is 33.5 Å². The summed E-state index contributed by atoms with van der Waals surface area (Å²) < 4.78 is 5.81. The largest absolute Gasteiger partial charge is 0.444 e. The summed E-state index contributed by atoms with van der Waals surface area (Å²) in [6, 6.07) is 3.41. The van der Waals surface area contributed by atoms with Crippen molar-refractivity contribution in [2.24, 2.45) is 0 Å². The molecule has 1 aromatic rings. The molecule has 4 heteroatoms. The lowest BCUT2D eigenvalue weighted by atomic mass is 10.1. The molecule has 1 saturated heterocycles. The third-order valence-corrected chi connectivity index (χ3v) is 2.87. The summed E-state index contributed by atoms with van der Waals surface area (Å²) in [6.45, 7) is 5.35. The number of piperidine rings is 1. The van der Waals surface area contributed by atoms with Gasteiger partial charge in [-0.1, -0.05) is 12.2 Å². The van der Waals surface area contributed by atoms with Gasteiger partial charge in [0.05, 0.1) is 0 Å². The van der Waals surface area contributed by atoms with E-state index in [0.717, 1.165) is 25.0 Å². The number of rotatable bonds is 1. The fourth-order valence-corrected chi connectivity index (χ4v) is 2.01. The summed E-state index contributed by atoms with van der Waals surface area (Å²) in [4.78, 5) is 13.7. The van der Waals surface area contributed by atoms with E-state index in [9.17, 15) is 4.79 Å². The van der Waals surface area contributed by atoms with Crippen LogP contribution in [0.25, 0.3) is 0 Å². The van der Waals surface area contributed by atoms with E-state index in [0.29, 0.717) is 17.0 Å². The van der Waals surface area contributed by atoms with Crippen molar-refractivity contribution < 1.29 is 9.21 Å². The van der Waals surface area contributed by atoms with Crippen molar-refractivity contribution in [1.29, 1.82) is 0 Å². The Balaban J connectivity index is 2.10. The molecule has 1 amide bonds. The lowest BCUT2D eigenvalue weighted by Gasteiger charge is -2.27. The highest BCUT2D eigenvalue weighted by atomic mass is 79.9. The van der Waals surface area contributed by atoms with Crippen molar-refractivity contribution in [2.45, 2.75) is 12.8 Å². The van der Waals surface area contributed by atoms with E-state index in [1.807, 2.05) is 0 Å². The first-order valence-electron chi connectivity index (χ1n) is 4.88. The lowest BCUT2D eigenvalue weighted by Crippen LogP contribution is -2.36. The molecule has 0 spiro atoms. The van der Waals surface area contributed by atoms with Crippen LogP contribution in [-0.4, -0.2) is 23.9 Å². The van der Waals surface area contributed by atoms with E-state index >= 15 is 0 Å². The highest BCUT2D eigenvalue weighted by Gasteiger charge is 2.22.